The van der Waals surface area contributed by atoms with Crippen LogP contribution in [-0.4, -0.2) is 19.1 Å². The molecule has 19 heavy (non-hydrogen) atoms. The van der Waals surface area contributed by atoms with Crippen LogP contribution < -0.4 is 5.32 Å². The molecule has 0 atom stereocenters. The van der Waals surface area contributed by atoms with Crippen molar-refractivity contribution in [1.29, 1.82) is 0 Å². The summed E-state index contributed by atoms with van der Waals surface area (Å²) in [6.07, 6.45) is 1.71. The smallest absolute Gasteiger partial charge is 0.312 e. The summed E-state index contributed by atoms with van der Waals surface area (Å²) in [6.45, 7) is 9.62. The highest BCUT2D eigenvalue weighted by Crippen LogP contribution is 2.41. The summed E-state index contributed by atoms with van der Waals surface area (Å²) in [5.41, 5.74) is 0.352. The number of esters is 1. The highest BCUT2D eigenvalue weighted by molar-refractivity contribution is 7.10. The number of carbonyl (C=O) groups is 1. The van der Waals surface area contributed by atoms with Crippen LogP contribution in [0.2, 0.25) is 0 Å². The molecule has 106 valence electrons. The van der Waals surface area contributed by atoms with Gasteiger partial charge in [-0.25, -0.2) is 0 Å². The lowest BCUT2D eigenvalue weighted by Gasteiger charge is -2.38. The average Bonchev–Trinajstić information content (AvgIpc) is 2.76. The number of thiophene rings is 1. The van der Waals surface area contributed by atoms with Gasteiger partial charge in [-0.15, -0.1) is 11.3 Å². The molecule has 0 aliphatic carbocycles. The van der Waals surface area contributed by atoms with Crippen molar-refractivity contribution in [3.05, 3.63) is 21.9 Å². The van der Waals surface area contributed by atoms with Crippen molar-refractivity contribution >= 4 is 17.3 Å². The molecular formula is C15H23NO2S. The van der Waals surface area contributed by atoms with Crippen molar-refractivity contribution in [1.82, 2.24) is 5.32 Å². The van der Waals surface area contributed by atoms with Crippen LogP contribution in [0.3, 0.4) is 0 Å². The van der Waals surface area contributed by atoms with Crippen LogP contribution in [0.25, 0.3) is 0 Å². The fourth-order valence-electron chi connectivity index (χ4n) is 2.38. The van der Waals surface area contributed by atoms with Crippen LogP contribution in [0.1, 0.15) is 44.1 Å². The van der Waals surface area contributed by atoms with Crippen LogP contribution in [0.15, 0.2) is 11.4 Å². The Morgan fingerprint density at radius 2 is 2.00 bits per heavy atom. The van der Waals surface area contributed by atoms with E-state index >= 15 is 0 Å². The van der Waals surface area contributed by atoms with Gasteiger partial charge in [-0.2, -0.15) is 0 Å². The van der Waals surface area contributed by atoms with Gasteiger partial charge < -0.3 is 10.1 Å². The molecule has 1 fully saturated rings. The average molecular weight is 281 g/mol. The molecule has 1 aliphatic rings. The van der Waals surface area contributed by atoms with Gasteiger partial charge in [0.15, 0.2) is 0 Å². The van der Waals surface area contributed by atoms with E-state index in [0.717, 1.165) is 25.9 Å². The van der Waals surface area contributed by atoms with Gasteiger partial charge >= 0.3 is 5.97 Å². The van der Waals surface area contributed by atoms with Crippen molar-refractivity contribution in [3.8, 4) is 0 Å². The van der Waals surface area contributed by atoms with E-state index in [4.69, 9.17) is 4.74 Å². The van der Waals surface area contributed by atoms with Crippen LogP contribution in [-0.2, 0) is 15.1 Å². The number of ether oxygens (including phenoxy) is 1. The molecule has 1 N–H and O–H groups in total. The largest absolute Gasteiger partial charge is 0.453 e. The number of carbonyl (C=O) groups excluding carboxylic acids is 1. The highest BCUT2D eigenvalue weighted by Gasteiger charge is 2.42. The lowest BCUT2D eigenvalue weighted by Crippen LogP contribution is -2.44. The number of piperidine rings is 1. The molecule has 0 unspecified atom stereocenters. The molecule has 0 bridgehead atoms. The van der Waals surface area contributed by atoms with E-state index in [1.807, 2.05) is 20.8 Å². The third kappa shape index (κ3) is 3.00. The number of nitrogens with one attached hydrogen (secondary N) is 1. The first kappa shape index (κ1) is 14.5. The Hall–Kier alpha value is -0.870. The van der Waals surface area contributed by atoms with E-state index < -0.39 is 11.0 Å². The molecule has 0 amide bonds. The van der Waals surface area contributed by atoms with Gasteiger partial charge in [0.25, 0.3) is 0 Å². The SMILES string of the molecule is Cc1ccsc1C1(OC(=O)C(C)(C)C)CCNCC1. The summed E-state index contributed by atoms with van der Waals surface area (Å²) in [4.78, 5) is 13.5. The quantitative estimate of drug-likeness (QED) is 0.846. The molecule has 2 heterocycles. The third-order valence-corrected chi connectivity index (χ3v) is 4.79. The summed E-state index contributed by atoms with van der Waals surface area (Å²) in [5, 5.41) is 5.43. The zero-order valence-corrected chi connectivity index (χ0v) is 13.0. The predicted molar refractivity (Wildman–Crippen MR) is 78.4 cm³/mol. The summed E-state index contributed by atoms with van der Waals surface area (Å²) < 4.78 is 6.00. The fraction of sp³-hybridized carbons (Fsp3) is 0.667. The molecule has 0 radical (unpaired) electrons. The van der Waals surface area contributed by atoms with E-state index in [1.54, 1.807) is 11.3 Å². The van der Waals surface area contributed by atoms with E-state index in [-0.39, 0.29) is 5.97 Å². The molecule has 0 aromatic carbocycles. The minimum atomic E-state index is -0.455. The van der Waals surface area contributed by atoms with Crippen molar-refractivity contribution < 1.29 is 9.53 Å². The number of rotatable bonds is 2. The molecule has 1 aromatic heterocycles. The zero-order valence-electron chi connectivity index (χ0n) is 12.2. The molecule has 0 spiro atoms. The molecule has 2 rings (SSSR count). The third-order valence-electron chi connectivity index (χ3n) is 3.59. The maximum atomic E-state index is 12.3. The van der Waals surface area contributed by atoms with Crippen LogP contribution >= 0.6 is 11.3 Å². The highest BCUT2D eigenvalue weighted by atomic mass is 32.1. The number of hydrogen-bond acceptors (Lipinski definition) is 4. The van der Waals surface area contributed by atoms with Crippen LogP contribution in [0.4, 0.5) is 0 Å². The fourth-order valence-corrected chi connectivity index (χ4v) is 3.50. The van der Waals surface area contributed by atoms with E-state index in [0.29, 0.717) is 0 Å². The Morgan fingerprint density at radius 3 is 2.47 bits per heavy atom. The first-order valence-electron chi connectivity index (χ1n) is 6.84. The first-order chi connectivity index (χ1) is 8.85. The number of hydrogen-bond donors (Lipinski definition) is 1. The van der Waals surface area contributed by atoms with Gasteiger partial charge in [-0.05, 0) is 57.8 Å². The predicted octanol–water partition coefficient (Wildman–Crippen LogP) is 3.22. The van der Waals surface area contributed by atoms with Crippen LogP contribution in [0, 0.1) is 12.3 Å². The van der Waals surface area contributed by atoms with Gasteiger partial charge in [-0.1, -0.05) is 0 Å². The zero-order chi connectivity index (χ0) is 14.1. The molecule has 1 saturated heterocycles. The number of aryl methyl sites for hydroxylation is 1. The monoisotopic (exact) mass is 281 g/mol. The van der Waals surface area contributed by atoms with Crippen molar-refractivity contribution in [2.75, 3.05) is 13.1 Å². The summed E-state index contributed by atoms with van der Waals surface area (Å²) in [5.74, 6) is -0.109. The van der Waals surface area contributed by atoms with E-state index in [2.05, 4.69) is 23.7 Å². The second kappa shape index (κ2) is 5.25. The first-order valence-corrected chi connectivity index (χ1v) is 7.72. The Kier molecular flexibility index (Phi) is 4.02. The summed E-state index contributed by atoms with van der Waals surface area (Å²) >= 11 is 1.70. The minimum Gasteiger partial charge on any atom is -0.453 e. The van der Waals surface area contributed by atoms with Gasteiger partial charge in [0.05, 0.1) is 10.3 Å². The van der Waals surface area contributed by atoms with Gasteiger partial charge in [0.2, 0.25) is 0 Å². The van der Waals surface area contributed by atoms with Gasteiger partial charge in [-0.3, -0.25) is 4.79 Å². The van der Waals surface area contributed by atoms with Gasteiger partial charge in [0, 0.05) is 12.8 Å². The second-order valence-electron chi connectivity index (χ2n) is 6.32. The second-order valence-corrected chi connectivity index (χ2v) is 7.23. The summed E-state index contributed by atoms with van der Waals surface area (Å²) in [7, 11) is 0. The lowest BCUT2D eigenvalue weighted by molar-refractivity contribution is -0.173. The van der Waals surface area contributed by atoms with Gasteiger partial charge in [0.1, 0.15) is 5.60 Å². The Bertz CT molecular complexity index is 453. The Labute approximate surface area is 119 Å². The molecule has 1 aliphatic heterocycles. The van der Waals surface area contributed by atoms with Crippen molar-refractivity contribution in [3.63, 3.8) is 0 Å². The molecule has 0 saturated carbocycles. The van der Waals surface area contributed by atoms with E-state index in [9.17, 15) is 4.79 Å². The summed E-state index contributed by atoms with van der Waals surface area (Å²) in [6, 6.07) is 2.11. The minimum absolute atomic E-state index is 0.109. The van der Waals surface area contributed by atoms with Crippen molar-refractivity contribution in [2.45, 2.75) is 46.1 Å². The Morgan fingerprint density at radius 1 is 1.37 bits per heavy atom. The normalized spacial score (nSPS) is 19.2. The molecular weight excluding hydrogens is 258 g/mol. The lowest BCUT2D eigenvalue weighted by atomic mass is 9.87. The maximum absolute atomic E-state index is 12.3. The van der Waals surface area contributed by atoms with Crippen LogP contribution in [0.5, 0.6) is 0 Å². The maximum Gasteiger partial charge on any atom is 0.312 e. The topological polar surface area (TPSA) is 38.3 Å². The Balaban J connectivity index is 2.31. The molecule has 3 nitrogen and oxygen atoms in total. The van der Waals surface area contributed by atoms with E-state index in [1.165, 1.54) is 10.4 Å². The molecule has 1 aromatic rings. The standard InChI is InChI=1S/C15H23NO2S/c1-11-5-10-19-12(11)15(6-8-16-9-7-15)18-13(17)14(2,3)4/h5,10,16H,6-9H2,1-4H3. The molecule has 4 heteroatoms. The van der Waals surface area contributed by atoms with Crippen molar-refractivity contribution in [2.24, 2.45) is 5.41 Å².